The molecule has 1 heterocycles. The van der Waals surface area contributed by atoms with Crippen LogP contribution in [-0.4, -0.2) is 54.8 Å². The minimum atomic E-state index is -3.43. The summed E-state index contributed by atoms with van der Waals surface area (Å²) in [6, 6.07) is 3.44. The highest BCUT2D eigenvalue weighted by Gasteiger charge is 2.36. The van der Waals surface area contributed by atoms with Crippen molar-refractivity contribution in [1.82, 2.24) is 15.4 Å². The molecule has 10 heteroatoms. The van der Waals surface area contributed by atoms with Crippen LogP contribution in [0.4, 0.5) is 0 Å². The fourth-order valence-electron chi connectivity index (χ4n) is 3.00. The van der Waals surface area contributed by atoms with Gasteiger partial charge in [0, 0.05) is 45.3 Å². The third kappa shape index (κ3) is 7.48. The van der Waals surface area contributed by atoms with Crippen LogP contribution in [0.1, 0.15) is 30.6 Å². The highest BCUT2D eigenvalue weighted by Crippen LogP contribution is 2.43. The molecular formula is C17H31IN4O3S2. The molecule has 0 bridgehead atoms. The number of hydrogen-bond donors (Lipinski definition) is 3. The molecule has 0 unspecified atom stereocenters. The molecule has 1 aromatic rings. The van der Waals surface area contributed by atoms with Crippen molar-refractivity contribution in [3.05, 3.63) is 17.0 Å². The topological polar surface area (TPSA) is 91.8 Å². The number of hydrogen-bond acceptors (Lipinski definition) is 5. The monoisotopic (exact) mass is 530 g/mol. The van der Waals surface area contributed by atoms with E-state index in [4.69, 9.17) is 4.74 Å². The van der Waals surface area contributed by atoms with Crippen LogP contribution in [0.25, 0.3) is 0 Å². The van der Waals surface area contributed by atoms with Crippen LogP contribution in [0.3, 0.4) is 0 Å². The Labute approximate surface area is 183 Å². The van der Waals surface area contributed by atoms with Crippen molar-refractivity contribution < 1.29 is 13.2 Å². The van der Waals surface area contributed by atoms with Crippen LogP contribution in [0, 0.1) is 12.3 Å². The fraction of sp³-hybridized carbons (Fsp3) is 0.706. The molecule has 3 N–H and O–H groups in total. The van der Waals surface area contributed by atoms with E-state index in [9.17, 15) is 8.42 Å². The second kappa shape index (κ2) is 11.5. The number of guanidine groups is 1. The largest absolute Gasteiger partial charge is 0.385 e. The zero-order chi connectivity index (χ0) is 19.0. The van der Waals surface area contributed by atoms with E-state index in [-0.39, 0.29) is 24.0 Å². The van der Waals surface area contributed by atoms with Gasteiger partial charge in [-0.05, 0) is 43.7 Å². The number of halogens is 1. The van der Waals surface area contributed by atoms with Crippen LogP contribution < -0.4 is 15.4 Å². The van der Waals surface area contributed by atoms with Crippen molar-refractivity contribution in [3.8, 4) is 0 Å². The van der Waals surface area contributed by atoms with Gasteiger partial charge in [0.2, 0.25) is 10.0 Å². The molecule has 1 aliphatic carbocycles. The lowest BCUT2D eigenvalue weighted by atomic mass is 9.67. The van der Waals surface area contributed by atoms with Crippen molar-refractivity contribution >= 4 is 51.3 Å². The smallest absolute Gasteiger partial charge is 0.250 e. The van der Waals surface area contributed by atoms with Crippen LogP contribution in [0.5, 0.6) is 0 Å². The normalized spacial score (nSPS) is 16.3. The van der Waals surface area contributed by atoms with E-state index in [1.165, 1.54) is 30.6 Å². The van der Waals surface area contributed by atoms with Crippen molar-refractivity contribution in [2.75, 3.05) is 40.4 Å². The second-order valence-corrected chi connectivity index (χ2v) is 9.99. The van der Waals surface area contributed by atoms with Crippen molar-refractivity contribution in [1.29, 1.82) is 0 Å². The maximum Gasteiger partial charge on any atom is 0.250 e. The van der Waals surface area contributed by atoms with Gasteiger partial charge in [0.25, 0.3) is 0 Å². The van der Waals surface area contributed by atoms with Gasteiger partial charge in [-0.3, -0.25) is 4.99 Å². The number of sulfonamides is 1. The van der Waals surface area contributed by atoms with Gasteiger partial charge in [0.05, 0.1) is 0 Å². The van der Waals surface area contributed by atoms with E-state index in [1.54, 1.807) is 20.2 Å². The molecule has 1 aliphatic rings. The summed E-state index contributed by atoms with van der Waals surface area (Å²) in [5.41, 5.74) is 0.298. The lowest BCUT2D eigenvalue weighted by Crippen LogP contribution is -2.48. The summed E-state index contributed by atoms with van der Waals surface area (Å²) in [4.78, 5) is 5.19. The number of ether oxygens (including phenoxy) is 1. The molecule has 1 saturated carbocycles. The van der Waals surface area contributed by atoms with Crippen molar-refractivity contribution in [2.24, 2.45) is 10.4 Å². The average molecular weight is 530 g/mol. The molecule has 0 spiro atoms. The second-order valence-electron chi connectivity index (χ2n) is 6.71. The van der Waals surface area contributed by atoms with Gasteiger partial charge in [-0.25, -0.2) is 13.1 Å². The first kappa shape index (κ1) is 24.6. The third-order valence-corrected chi connectivity index (χ3v) is 7.75. The predicted molar refractivity (Wildman–Crippen MR) is 122 cm³/mol. The first-order valence-corrected chi connectivity index (χ1v) is 11.2. The first-order valence-electron chi connectivity index (χ1n) is 8.90. The summed E-state index contributed by atoms with van der Waals surface area (Å²) in [7, 11) is 0.0233. The van der Waals surface area contributed by atoms with Crippen LogP contribution in [0.15, 0.2) is 21.3 Å². The number of methoxy groups -OCH3 is 1. The van der Waals surface area contributed by atoms with Gasteiger partial charge in [-0.2, -0.15) is 0 Å². The molecule has 0 radical (unpaired) electrons. The molecule has 0 aromatic carbocycles. The van der Waals surface area contributed by atoms with Crippen molar-refractivity contribution in [2.45, 2.75) is 36.8 Å². The number of nitrogens with zero attached hydrogens (tertiary/aromatic N) is 1. The van der Waals surface area contributed by atoms with E-state index < -0.39 is 10.0 Å². The quantitative estimate of drug-likeness (QED) is 0.187. The Morgan fingerprint density at radius 2 is 2.04 bits per heavy atom. The highest BCUT2D eigenvalue weighted by molar-refractivity contribution is 14.0. The number of nitrogens with one attached hydrogen (secondary N) is 3. The summed E-state index contributed by atoms with van der Waals surface area (Å²) in [5, 5.41) is 6.52. The van der Waals surface area contributed by atoms with E-state index in [0.717, 1.165) is 24.4 Å². The van der Waals surface area contributed by atoms with E-state index in [0.29, 0.717) is 28.7 Å². The molecule has 1 fully saturated rings. The van der Waals surface area contributed by atoms with Gasteiger partial charge >= 0.3 is 0 Å². The molecule has 2 rings (SSSR count). The molecule has 156 valence electrons. The average Bonchev–Trinajstić information content (AvgIpc) is 3.02. The summed E-state index contributed by atoms with van der Waals surface area (Å²) in [6.07, 6.45) is 4.73. The van der Waals surface area contributed by atoms with Gasteiger partial charge in [-0.1, -0.05) is 6.42 Å². The Kier molecular flexibility index (Phi) is 10.5. The van der Waals surface area contributed by atoms with Crippen LogP contribution in [0.2, 0.25) is 0 Å². The zero-order valence-electron chi connectivity index (χ0n) is 16.2. The Hall–Kier alpha value is -0.430. The number of thiophene rings is 1. The van der Waals surface area contributed by atoms with E-state index in [1.807, 2.05) is 13.0 Å². The maximum absolute atomic E-state index is 12.2. The Bertz CT molecular complexity index is 703. The summed E-state index contributed by atoms with van der Waals surface area (Å²) in [6.45, 7) is 4.29. The molecule has 7 nitrogen and oxygen atoms in total. The molecule has 27 heavy (non-hydrogen) atoms. The van der Waals surface area contributed by atoms with Crippen molar-refractivity contribution in [3.63, 3.8) is 0 Å². The minimum absolute atomic E-state index is 0. The Morgan fingerprint density at radius 1 is 1.30 bits per heavy atom. The predicted octanol–water partition coefficient (Wildman–Crippen LogP) is 2.32. The molecular weight excluding hydrogens is 499 g/mol. The molecule has 0 saturated heterocycles. The van der Waals surface area contributed by atoms with E-state index in [2.05, 4.69) is 20.3 Å². The zero-order valence-corrected chi connectivity index (χ0v) is 20.2. The molecule has 0 amide bonds. The van der Waals surface area contributed by atoms with E-state index >= 15 is 0 Å². The third-order valence-electron chi connectivity index (χ3n) is 4.80. The first-order chi connectivity index (χ1) is 12.4. The van der Waals surface area contributed by atoms with Gasteiger partial charge in [-0.15, -0.1) is 35.3 Å². The number of aliphatic imine (C=N–C) groups is 1. The Morgan fingerprint density at radius 3 is 2.56 bits per heavy atom. The minimum Gasteiger partial charge on any atom is -0.385 e. The standard InChI is InChI=1S/C17H30N4O3S2.HI/c1-14-5-6-15(25-14)26(22,23)21-11-10-19-16(18-2)20-13-17(7-4-8-17)9-12-24-3;/h5-6,21H,4,7-13H2,1-3H3,(H2,18,19,20);1H. The SMILES string of the molecule is CN=C(NCCNS(=O)(=O)c1ccc(C)s1)NCC1(CCOC)CCC1.I. The summed E-state index contributed by atoms with van der Waals surface area (Å²) >= 11 is 1.27. The van der Waals surface area contributed by atoms with Gasteiger partial charge < -0.3 is 15.4 Å². The lowest BCUT2D eigenvalue weighted by molar-refractivity contribution is 0.0732. The van der Waals surface area contributed by atoms with Crippen LogP contribution in [-0.2, 0) is 14.8 Å². The van der Waals surface area contributed by atoms with Crippen LogP contribution >= 0.6 is 35.3 Å². The lowest BCUT2D eigenvalue weighted by Gasteiger charge is -2.42. The summed E-state index contributed by atoms with van der Waals surface area (Å²) in [5.74, 6) is 0.694. The summed E-state index contributed by atoms with van der Waals surface area (Å²) < 4.78 is 32.5. The van der Waals surface area contributed by atoms with Gasteiger partial charge in [0.1, 0.15) is 4.21 Å². The highest BCUT2D eigenvalue weighted by atomic mass is 127. The maximum atomic E-state index is 12.2. The number of rotatable bonds is 10. The van der Waals surface area contributed by atoms with Gasteiger partial charge in [0.15, 0.2) is 5.96 Å². The molecule has 0 aliphatic heterocycles. The molecule has 0 atom stereocenters. The number of aryl methyl sites for hydroxylation is 1. The molecule has 1 aromatic heterocycles. The Balaban J connectivity index is 0.00000364. The fourth-order valence-corrected chi connectivity index (χ4v) is 5.36.